The Labute approximate surface area is 102 Å². The molecule has 0 spiro atoms. The number of nitrogens with zero attached hydrogens (tertiary/aromatic N) is 2. The van der Waals surface area contributed by atoms with E-state index in [0.717, 1.165) is 11.1 Å². The van der Waals surface area contributed by atoms with Gasteiger partial charge in [0.2, 0.25) is 0 Å². The second-order valence-corrected chi connectivity index (χ2v) is 3.97. The molecule has 0 bridgehead atoms. The van der Waals surface area contributed by atoms with Crippen LogP contribution in [-0.4, -0.2) is 20.1 Å². The van der Waals surface area contributed by atoms with Crippen molar-refractivity contribution < 1.29 is 5.11 Å². The summed E-state index contributed by atoms with van der Waals surface area (Å²) < 4.78 is 0. The lowest BCUT2D eigenvalue weighted by Gasteiger charge is -2.00. The van der Waals surface area contributed by atoms with Crippen molar-refractivity contribution in [3.8, 4) is 17.1 Å². The van der Waals surface area contributed by atoms with Crippen LogP contribution in [0.2, 0.25) is 0 Å². The van der Waals surface area contributed by atoms with Crippen LogP contribution in [-0.2, 0) is 0 Å². The van der Waals surface area contributed by atoms with Gasteiger partial charge in [-0.1, -0.05) is 0 Å². The summed E-state index contributed by atoms with van der Waals surface area (Å²) in [5, 5.41) is 9.38. The van der Waals surface area contributed by atoms with Gasteiger partial charge in [0.1, 0.15) is 17.4 Å². The Hall–Kier alpha value is -2.76. The predicted octanol–water partition coefficient (Wildman–Crippen LogP) is 1.49. The molecule has 18 heavy (non-hydrogen) atoms. The third-order valence-corrected chi connectivity index (χ3v) is 2.67. The maximum Gasteiger partial charge on any atom is 0.180 e. The third-order valence-electron chi connectivity index (χ3n) is 2.67. The molecule has 0 saturated carbocycles. The van der Waals surface area contributed by atoms with E-state index < -0.39 is 0 Å². The highest BCUT2D eigenvalue weighted by Crippen LogP contribution is 2.27. The maximum atomic E-state index is 9.38. The van der Waals surface area contributed by atoms with Gasteiger partial charge in [-0.05, 0) is 30.3 Å². The fourth-order valence-electron chi connectivity index (χ4n) is 1.75. The van der Waals surface area contributed by atoms with Gasteiger partial charge in [0.05, 0.1) is 11.2 Å². The number of anilines is 2. The topological polar surface area (TPSA) is 114 Å². The van der Waals surface area contributed by atoms with Gasteiger partial charge < -0.3 is 21.6 Å². The van der Waals surface area contributed by atoms with Gasteiger partial charge in [0.25, 0.3) is 0 Å². The average Bonchev–Trinajstić information content (AvgIpc) is 2.75. The van der Waals surface area contributed by atoms with Crippen molar-refractivity contribution in [2.24, 2.45) is 0 Å². The van der Waals surface area contributed by atoms with Gasteiger partial charge in [-0.25, -0.2) is 9.97 Å². The Balaban J connectivity index is 2.16. The molecule has 6 nitrogen and oxygen atoms in total. The molecular formula is C12H11N5O. The number of nitrogens with two attached hydrogens (primary N) is 2. The van der Waals surface area contributed by atoms with E-state index in [4.69, 9.17) is 11.5 Å². The Morgan fingerprint density at radius 1 is 1.06 bits per heavy atom. The average molecular weight is 241 g/mol. The standard InChI is InChI=1S/C12H11N5O/c13-7-5-6(1-3-9(7)18)11-15-8-2-4-10(14)16-12(8)17-11/h1-5,18H,13H2,(H3,14,15,16,17). The van der Waals surface area contributed by atoms with Gasteiger partial charge in [0.15, 0.2) is 5.65 Å². The first-order chi connectivity index (χ1) is 8.63. The molecule has 0 aliphatic carbocycles. The largest absolute Gasteiger partial charge is 0.506 e. The first-order valence-electron chi connectivity index (χ1n) is 5.34. The van der Waals surface area contributed by atoms with Crippen LogP contribution in [0.1, 0.15) is 0 Å². The van der Waals surface area contributed by atoms with Crippen LogP contribution in [0.25, 0.3) is 22.6 Å². The third kappa shape index (κ3) is 1.60. The molecule has 2 heterocycles. The molecule has 0 saturated heterocycles. The highest BCUT2D eigenvalue weighted by molar-refractivity contribution is 5.78. The van der Waals surface area contributed by atoms with E-state index in [1.54, 1.807) is 18.2 Å². The molecule has 2 aromatic heterocycles. The van der Waals surface area contributed by atoms with Gasteiger partial charge >= 0.3 is 0 Å². The number of aromatic hydroxyl groups is 1. The van der Waals surface area contributed by atoms with Crippen molar-refractivity contribution in [1.82, 2.24) is 15.0 Å². The molecule has 90 valence electrons. The van der Waals surface area contributed by atoms with E-state index >= 15 is 0 Å². The molecular weight excluding hydrogens is 230 g/mol. The minimum absolute atomic E-state index is 0.0530. The Morgan fingerprint density at radius 2 is 1.89 bits per heavy atom. The fraction of sp³-hybridized carbons (Fsp3) is 0. The number of H-pyrrole nitrogens is 1. The molecule has 6 N–H and O–H groups in total. The van der Waals surface area contributed by atoms with Crippen molar-refractivity contribution in [3.05, 3.63) is 30.3 Å². The summed E-state index contributed by atoms with van der Waals surface area (Å²) in [5.74, 6) is 1.11. The molecule has 6 heteroatoms. The van der Waals surface area contributed by atoms with Crippen molar-refractivity contribution in [2.75, 3.05) is 11.5 Å². The monoisotopic (exact) mass is 241 g/mol. The minimum atomic E-state index is 0.0530. The summed E-state index contributed by atoms with van der Waals surface area (Å²) in [6.45, 7) is 0. The highest BCUT2D eigenvalue weighted by Gasteiger charge is 2.08. The van der Waals surface area contributed by atoms with Crippen LogP contribution in [0.5, 0.6) is 5.75 Å². The zero-order chi connectivity index (χ0) is 12.7. The molecule has 0 fully saturated rings. The number of fused-ring (bicyclic) bond motifs is 1. The van der Waals surface area contributed by atoms with Crippen LogP contribution >= 0.6 is 0 Å². The SMILES string of the molecule is Nc1ccc2[nH]c(-c3ccc(O)c(N)c3)nc2n1. The van der Waals surface area contributed by atoms with Gasteiger partial charge in [-0.2, -0.15) is 0 Å². The van der Waals surface area contributed by atoms with Crippen LogP contribution in [0.4, 0.5) is 11.5 Å². The summed E-state index contributed by atoms with van der Waals surface area (Å²) in [6, 6.07) is 8.43. The molecule has 0 unspecified atom stereocenters. The van der Waals surface area contributed by atoms with E-state index in [-0.39, 0.29) is 5.75 Å². The van der Waals surface area contributed by atoms with E-state index in [0.29, 0.717) is 23.0 Å². The molecule has 1 aromatic carbocycles. The summed E-state index contributed by atoms with van der Waals surface area (Å²) in [7, 11) is 0. The summed E-state index contributed by atoms with van der Waals surface area (Å²) >= 11 is 0. The Bertz CT molecular complexity index is 734. The van der Waals surface area contributed by atoms with Crippen molar-refractivity contribution >= 4 is 22.7 Å². The lowest BCUT2D eigenvalue weighted by atomic mass is 10.2. The summed E-state index contributed by atoms with van der Waals surface area (Å²) in [4.78, 5) is 11.6. The molecule has 3 rings (SSSR count). The number of benzene rings is 1. The minimum Gasteiger partial charge on any atom is -0.506 e. The van der Waals surface area contributed by atoms with Crippen molar-refractivity contribution in [1.29, 1.82) is 0 Å². The molecule has 0 radical (unpaired) electrons. The summed E-state index contributed by atoms with van der Waals surface area (Å²) in [6.07, 6.45) is 0. The fourth-order valence-corrected chi connectivity index (χ4v) is 1.75. The van der Waals surface area contributed by atoms with E-state index in [2.05, 4.69) is 15.0 Å². The predicted molar refractivity (Wildman–Crippen MR) is 69.8 cm³/mol. The molecule has 0 aliphatic heterocycles. The van der Waals surface area contributed by atoms with Crippen LogP contribution in [0.15, 0.2) is 30.3 Å². The molecule has 0 amide bonds. The smallest absolute Gasteiger partial charge is 0.180 e. The van der Waals surface area contributed by atoms with Gasteiger partial charge in [-0.15, -0.1) is 0 Å². The number of phenols is 1. The highest BCUT2D eigenvalue weighted by atomic mass is 16.3. The lowest BCUT2D eigenvalue weighted by Crippen LogP contribution is -1.88. The zero-order valence-electron chi connectivity index (χ0n) is 9.38. The Morgan fingerprint density at radius 3 is 2.67 bits per heavy atom. The van der Waals surface area contributed by atoms with E-state index in [1.165, 1.54) is 6.07 Å². The van der Waals surface area contributed by atoms with Crippen molar-refractivity contribution in [2.45, 2.75) is 0 Å². The quantitative estimate of drug-likeness (QED) is 0.380. The summed E-state index contributed by atoms with van der Waals surface area (Å²) in [5.41, 5.74) is 13.7. The second kappa shape index (κ2) is 3.63. The first-order valence-corrected chi connectivity index (χ1v) is 5.34. The second-order valence-electron chi connectivity index (χ2n) is 3.97. The number of hydrogen-bond donors (Lipinski definition) is 4. The normalized spacial score (nSPS) is 10.9. The number of nitrogens with one attached hydrogen (secondary N) is 1. The number of nitrogen functional groups attached to an aromatic ring is 2. The lowest BCUT2D eigenvalue weighted by molar-refractivity contribution is 0.478. The van der Waals surface area contributed by atoms with Gasteiger partial charge in [-0.3, -0.25) is 0 Å². The number of aromatic amines is 1. The number of imidazole rings is 1. The molecule has 3 aromatic rings. The van der Waals surface area contributed by atoms with Crippen LogP contribution in [0.3, 0.4) is 0 Å². The van der Waals surface area contributed by atoms with E-state index in [1.807, 2.05) is 6.07 Å². The van der Waals surface area contributed by atoms with Crippen LogP contribution < -0.4 is 11.5 Å². The number of phenolic OH excluding ortho intramolecular Hbond substituents is 1. The van der Waals surface area contributed by atoms with Crippen molar-refractivity contribution in [3.63, 3.8) is 0 Å². The number of aromatic nitrogens is 3. The molecule has 0 atom stereocenters. The number of rotatable bonds is 1. The zero-order valence-corrected chi connectivity index (χ0v) is 9.38. The first kappa shape index (κ1) is 10.4. The Kier molecular flexibility index (Phi) is 2.09. The van der Waals surface area contributed by atoms with Gasteiger partial charge in [0, 0.05) is 5.56 Å². The van der Waals surface area contributed by atoms with E-state index in [9.17, 15) is 5.11 Å². The molecule has 0 aliphatic rings. The van der Waals surface area contributed by atoms with Crippen LogP contribution in [0, 0.1) is 0 Å². The number of pyridine rings is 1. The number of hydrogen-bond acceptors (Lipinski definition) is 5. The maximum absolute atomic E-state index is 9.38.